The summed E-state index contributed by atoms with van der Waals surface area (Å²) >= 11 is 0. The minimum Gasteiger partial charge on any atom is -0.466 e. The first kappa shape index (κ1) is 31.3. The van der Waals surface area contributed by atoms with Gasteiger partial charge in [-0.15, -0.1) is 0 Å². The molecule has 0 radical (unpaired) electrons. The van der Waals surface area contributed by atoms with E-state index in [1.165, 1.54) is 4.90 Å². The summed E-state index contributed by atoms with van der Waals surface area (Å²) in [6, 6.07) is 5.54. The molecule has 1 aliphatic heterocycles. The lowest BCUT2D eigenvalue weighted by atomic mass is 10.2. The van der Waals surface area contributed by atoms with Crippen LogP contribution in [0.4, 0.5) is 15.3 Å². The van der Waals surface area contributed by atoms with E-state index in [1.54, 1.807) is 36.2 Å². The van der Waals surface area contributed by atoms with Gasteiger partial charge in [0.05, 0.1) is 13.0 Å². The number of unbranched alkanes of at least 4 members (excludes halogenated alkanes) is 2. The highest BCUT2D eigenvalue weighted by Crippen LogP contribution is 2.22. The smallest absolute Gasteiger partial charge is 0.435 e. The number of benzene rings is 1. The van der Waals surface area contributed by atoms with Gasteiger partial charge in [-0.05, 0) is 51.2 Å². The first-order valence-electron chi connectivity index (χ1n) is 13.1. The van der Waals surface area contributed by atoms with Crippen LogP contribution >= 0.6 is 0 Å². The van der Waals surface area contributed by atoms with Crippen LogP contribution in [-0.4, -0.2) is 99.6 Å². The van der Waals surface area contributed by atoms with Crippen LogP contribution in [0.5, 0.6) is 0 Å². The Morgan fingerprint density at radius 3 is 2.51 bits per heavy atom. The van der Waals surface area contributed by atoms with Gasteiger partial charge in [0.25, 0.3) is 0 Å². The van der Waals surface area contributed by atoms with Gasteiger partial charge in [-0.2, -0.15) is 0 Å². The molecule has 1 fully saturated rings. The molecular formula is C26H41N7O6. The number of hydrogen-bond donors (Lipinski definition) is 3. The zero-order valence-corrected chi connectivity index (χ0v) is 23.3. The van der Waals surface area contributed by atoms with E-state index in [0.717, 1.165) is 19.3 Å². The van der Waals surface area contributed by atoms with Crippen LogP contribution in [0, 0.1) is 0 Å². The molecule has 1 aromatic carbocycles. The van der Waals surface area contributed by atoms with E-state index in [2.05, 4.69) is 22.7 Å². The fourth-order valence-electron chi connectivity index (χ4n) is 3.63. The Morgan fingerprint density at radius 2 is 1.85 bits per heavy atom. The maximum Gasteiger partial charge on any atom is 0.435 e. The summed E-state index contributed by atoms with van der Waals surface area (Å²) in [6.45, 7) is 4.15. The van der Waals surface area contributed by atoms with E-state index in [1.807, 2.05) is 19.0 Å². The lowest BCUT2D eigenvalue weighted by molar-refractivity contribution is -0.143. The van der Waals surface area contributed by atoms with Crippen LogP contribution in [0.3, 0.4) is 0 Å². The minimum atomic E-state index is -0.679. The number of esters is 1. The Kier molecular flexibility index (Phi) is 13.0. The second kappa shape index (κ2) is 16.2. The fourth-order valence-corrected chi connectivity index (χ4v) is 3.63. The topological polar surface area (TPSA) is 159 Å². The van der Waals surface area contributed by atoms with E-state index in [9.17, 15) is 19.2 Å². The molecule has 1 heterocycles. The normalized spacial score (nSPS) is 15.3. The Labute approximate surface area is 229 Å². The van der Waals surface area contributed by atoms with Crippen molar-refractivity contribution in [2.75, 3.05) is 58.8 Å². The van der Waals surface area contributed by atoms with Gasteiger partial charge in [0.1, 0.15) is 6.04 Å². The van der Waals surface area contributed by atoms with Crippen molar-refractivity contribution in [1.82, 2.24) is 20.4 Å². The lowest BCUT2D eigenvalue weighted by Crippen LogP contribution is -2.46. The number of anilines is 1. The molecule has 216 valence electrons. The summed E-state index contributed by atoms with van der Waals surface area (Å²) < 4.78 is 5.10. The molecule has 13 heteroatoms. The highest BCUT2D eigenvalue weighted by atomic mass is 16.7. The Hall–Kier alpha value is -3.87. The van der Waals surface area contributed by atoms with E-state index < -0.39 is 18.2 Å². The SMILES string of the molecule is CCCCCOC(=O)CCNC(=O)NC1CCN(c2ccc(C(N)=NOC(=O)N(C)CCN(C)C)cc2)C1=O. The minimum absolute atomic E-state index is 0.0183. The van der Waals surface area contributed by atoms with Crippen LogP contribution < -0.4 is 21.3 Å². The Morgan fingerprint density at radius 1 is 1.13 bits per heavy atom. The second-order valence-corrected chi connectivity index (χ2v) is 9.51. The zero-order chi connectivity index (χ0) is 28.8. The third-order valence-corrected chi connectivity index (χ3v) is 6.03. The molecule has 0 saturated carbocycles. The lowest BCUT2D eigenvalue weighted by Gasteiger charge is -2.18. The van der Waals surface area contributed by atoms with Gasteiger partial charge in [0.2, 0.25) is 5.91 Å². The number of amides is 4. The summed E-state index contributed by atoms with van der Waals surface area (Å²) in [5, 5.41) is 8.95. The number of nitrogens with zero attached hydrogens (tertiary/aromatic N) is 4. The van der Waals surface area contributed by atoms with Crippen LogP contribution in [0.1, 0.15) is 44.6 Å². The van der Waals surface area contributed by atoms with Crippen molar-refractivity contribution in [3.05, 3.63) is 29.8 Å². The highest BCUT2D eigenvalue weighted by Gasteiger charge is 2.33. The number of oxime groups is 1. The second-order valence-electron chi connectivity index (χ2n) is 9.51. The predicted octanol–water partition coefficient (Wildman–Crippen LogP) is 1.46. The summed E-state index contributed by atoms with van der Waals surface area (Å²) in [5.74, 6) is -0.594. The molecule has 4 N–H and O–H groups in total. The molecule has 39 heavy (non-hydrogen) atoms. The van der Waals surface area contributed by atoms with Crippen molar-refractivity contribution >= 4 is 35.5 Å². The third-order valence-electron chi connectivity index (χ3n) is 6.03. The molecule has 1 saturated heterocycles. The molecule has 1 atom stereocenters. The van der Waals surface area contributed by atoms with E-state index in [4.69, 9.17) is 15.3 Å². The standard InChI is InChI=1S/C26H41N7O6/c1-5-6-7-18-38-22(34)12-14-28-25(36)29-21-13-15-33(24(21)35)20-10-8-19(9-11-20)23(27)30-39-26(37)32(4)17-16-31(2)3/h8-11,21H,5-7,12-18H2,1-4H3,(H2,27,30)(H2,28,29,36). The molecule has 0 aliphatic carbocycles. The van der Waals surface area contributed by atoms with Crippen molar-refractivity contribution in [1.29, 1.82) is 0 Å². The number of likely N-dealkylation sites (N-methyl/N-ethyl adjacent to an activating group) is 2. The molecule has 4 amide bonds. The van der Waals surface area contributed by atoms with E-state index in [-0.39, 0.29) is 30.7 Å². The average Bonchev–Trinajstić information content (AvgIpc) is 3.27. The fraction of sp³-hybridized carbons (Fsp3) is 0.577. The molecule has 2 rings (SSSR count). The van der Waals surface area contributed by atoms with Crippen molar-refractivity contribution in [3.8, 4) is 0 Å². The number of carbonyl (C=O) groups is 4. The quantitative estimate of drug-likeness (QED) is 0.0789. The monoisotopic (exact) mass is 547 g/mol. The van der Waals surface area contributed by atoms with Crippen LogP contribution in [0.15, 0.2) is 29.4 Å². The van der Waals surface area contributed by atoms with Gasteiger partial charge in [-0.3, -0.25) is 14.4 Å². The summed E-state index contributed by atoms with van der Waals surface area (Å²) in [4.78, 5) is 58.6. The molecule has 0 aromatic heterocycles. The Balaban J connectivity index is 1.79. The van der Waals surface area contributed by atoms with Crippen LogP contribution in [0.2, 0.25) is 0 Å². The van der Waals surface area contributed by atoms with Gasteiger partial charge in [0.15, 0.2) is 5.84 Å². The van der Waals surface area contributed by atoms with Crippen molar-refractivity contribution in [3.63, 3.8) is 0 Å². The number of hydrogen-bond acceptors (Lipinski definition) is 8. The maximum absolute atomic E-state index is 12.8. The van der Waals surface area contributed by atoms with Crippen molar-refractivity contribution in [2.45, 2.75) is 45.1 Å². The summed E-state index contributed by atoms with van der Waals surface area (Å²) in [6.07, 6.45) is 2.75. The number of rotatable bonds is 14. The van der Waals surface area contributed by atoms with Gasteiger partial charge in [0, 0.05) is 44.5 Å². The van der Waals surface area contributed by atoms with Crippen LogP contribution in [0.25, 0.3) is 0 Å². The number of ether oxygens (including phenoxy) is 1. The largest absolute Gasteiger partial charge is 0.466 e. The molecule has 1 aliphatic rings. The zero-order valence-electron chi connectivity index (χ0n) is 23.3. The highest BCUT2D eigenvalue weighted by molar-refractivity contribution is 6.02. The molecule has 0 spiro atoms. The van der Waals surface area contributed by atoms with E-state index >= 15 is 0 Å². The van der Waals surface area contributed by atoms with Gasteiger partial charge in [-0.25, -0.2) is 9.59 Å². The van der Waals surface area contributed by atoms with Gasteiger partial charge < -0.3 is 35.8 Å². The predicted molar refractivity (Wildman–Crippen MR) is 147 cm³/mol. The van der Waals surface area contributed by atoms with Crippen LogP contribution in [-0.2, 0) is 19.2 Å². The molecule has 1 unspecified atom stereocenters. The molecular weight excluding hydrogens is 506 g/mol. The number of nitrogens with one attached hydrogen (secondary N) is 2. The first-order valence-corrected chi connectivity index (χ1v) is 13.1. The Bertz CT molecular complexity index is 999. The number of carbonyl (C=O) groups excluding carboxylic acids is 4. The number of urea groups is 1. The van der Waals surface area contributed by atoms with Gasteiger partial charge >= 0.3 is 18.1 Å². The van der Waals surface area contributed by atoms with Crippen molar-refractivity contribution in [2.24, 2.45) is 10.9 Å². The van der Waals surface area contributed by atoms with Crippen molar-refractivity contribution < 1.29 is 28.8 Å². The summed E-state index contributed by atoms with van der Waals surface area (Å²) in [7, 11) is 5.42. The molecule has 0 bridgehead atoms. The summed E-state index contributed by atoms with van der Waals surface area (Å²) in [5.41, 5.74) is 7.10. The molecule has 1 aromatic rings. The maximum atomic E-state index is 12.8. The molecule has 13 nitrogen and oxygen atoms in total. The third kappa shape index (κ3) is 10.8. The van der Waals surface area contributed by atoms with Gasteiger partial charge in [-0.1, -0.05) is 24.9 Å². The first-order chi connectivity index (χ1) is 18.6. The average molecular weight is 548 g/mol. The number of amidine groups is 1. The number of nitrogens with two attached hydrogens (primary N) is 1. The van der Waals surface area contributed by atoms with E-state index in [0.29, 0.717) is 43.9 Å².